The number of hydrogen-bond donors (Lipinski definition) is 2. The number of anilines is 1. The monoisotopic (exact) mass is 326 g/mol. The quantitative estimate of drug-likeness (QED) is 0.829. The highest BCUT2D eigenvalue weighted by atomic mass is 32.2. The maximum absolute atomic E-state index is 12.0. The molecule has 6 nitrogen and oxygen atoms in total. The first-order valence-electron chi connectivity index (χ1n) is 5.65. The third kappa shape index (κ3) is 8.15. The Balaban J connectivity index is 2.55. The molecule has 0 atom stereocenters. The van der Waals surface area contributed by atoms with E-state index < -0.39 is 28.0 Å². The van der Waals surface area contributed by atoms with Gasteiger partial charge in [0.15, 0.2) is 0 Å². The van der Waals surface area contributed by atoms with Gasteiger partial charge in [0, 0.05) is 24.7 Å². The summed E-state index contributed by atoms with van der Waals surface area (Å²) in [5.74, 6) is -1.01. The van der Waals surface area contributed by atoms with Gasteiger partial charge in [0.1, 0.15) is 5.75 Å². The normalized spacial score (nSPS) is 12.0. The Morgan fingerprint density at radius 2 is 2.00 bits per heavy atom. The number of sulfonamides is 1. The fourth-order valence-corrected chi connectivity index (χ4v) is 1.82. The molecule has 0 aromatic heterocycles. The van der Waals surface area contributed by atoms with E-state index in [1.807, 2.05) is 0 Å². The minimum absolute atomic E-state index is 0.108. The summed E-state index contributed by atoms with van der Waals surface area (Å²) < 4.78 is 63.5. The van der Waals surface area contributed by atoms with E-state index in [-0.39, 0.29) is 18.7 Å². The Labute approximate surface area is 119 Å². The van der Waals surface area contributed by atoms with Crippen molar-refractivity contribution in [3.63, 3.8) is 0 Å². The Morgan fingerprint density at radius 3 is 2.57 bits per heavy atom. The Kier molecular flexibility index (Phi) is 5.55. The second-order valence-electron chi connectivity index (χ2n) is 4.04. The number of benzene rings is 1. The van der Waals surface area contributed by atoms with E-state index >= 15 is 0 Å². The van der Waals surface area contributed by atoms with Crippen molar-refractivity contribution < 1.29 is 31.1 Å². The molecule has 0 aliphatic rings. The minimum atomic E-state index is -4.82. The molecule has 0 radical (unpaired) electrons. The molecule has 0 heterocycles. The zero-order valence-electron chi connectivity index (χ0n) is 10.9. The second-order valence-corrected chi connectivity index (χ2v) is 5.87. The predicted octanol–water partition coefficient (Wildman–Crippen LogP) is 1.46. The molecule has 0 bridgehead atoms. The summed E-state index contributed by atoms with van der Waals surface area (Å²) in [4.78, 5) is 11.5. The molecule has 1 rings (SSSR count). The first-order valence-corrected chi connectivity index (χ1v) is 7.54. The number of halogens is 3. The van der Waals surface area contributed by atoms with Crippen molar-refractivity contribution in [3.05, 3.63) is 24.3 Å². The molecule has 0 saturated heterocycles. The third-order valence-electron chi connectivity index (χ3n) is 2.07. The van der Waals surface area contributed by atoms with Gasteiger partial charge in [0.2, 0.25) is 15.9 Å². The summed E-state index contributed by atoms with van der Waals surface area (Å²) in [5.41, 5.74) is 0.112. The Morgan fingerprint density at radius 1 is 1.33 bits per heavy atom. The molecule has 2 N–H and O–H groups in total. The topological polar surface area (TPSA) is 84.5 Å². The summed E-state index contributed by atoms with van der Waals surface area (Å²) in [6, 6.07) is 4.76. The number of alkyl halides is 3. The zero-order valence-corrected chi connectivity index (χ0v) is 11.7. The number of carbonyl (C=O) groups is 1. The van der Waals surface area contributed by atoms with Crippen LogP contribution in [0, 0.1) is 0 Å². The summed E-state index contributed by atoms with van der Waals surface area (Å²) in [6.45, 7) is -0.108. The summed E-state index contributed by atoms with van der Waals surface area (Å²) in [6.07, 6.45) is -4.03. The molecule has 10 heteroatoms. The number of amides is 1. The summed E-state index contributed by atoms with van der Waals surface area (Å²) >= 11 is 0. The van der Waals surface area contributed by atoms with Gasteiger partial charge in [-0.2, -0.15) is 0 Å². The molecule has 0 aliphatic carbocycles. The predicted molar refractivity (Wildman–Crippen MR) is 69.2 cm³/mol. The maximum Gasteiger partial charge on any atom is 0.573 e. The van der Waals surface area contributed by atoms with Gasteiger partial charge in [0.05, 0.1) is 6.26 Å². The molecule has 0 saturated carbocycles. The fraction of sp³-hybridized carbons (Fsp3) is 0.364. The summed E-state index contributed by atoms with van der Waals surface area (Å²) in [5, 5.41) is 2.33. The van der Waals surface area contributed by atoms with Crippen LogP contribution in [0.3, 0.4) is 0 Å². The van der Waals surface area contributed by atoms with Gasteiger partial charge < -0.3 is 10.1 Å². The van der Waals surface area contributed by atoms with E-state index in [2.05, 4.69) is 14.8 Å². The summed E-state index contributed by atoms with van der Waals surface area (Å²) in [7, 11) is -3.39. The average Bonchev–Trinajstić information content (AvgIpc) is 2.24. The van der Waals surface area contributed by atoms with E-state index in [0.29, 0.717) is 0 Å². The minimum Gasteiger partial charge on any atom is -0.406 e. The van der Waals surface area contributed by atoms with Crippen LogP contribution in [0.5, 0.6) is 5.75 Å². The van der Waals surface area contributed by atoms with E-state index in [1.165, 1.54) is 12.1 Å². The van der Waals surface area contributed by atoms with Gasteiger partial charge in [-0.3, -0.25) is 4.79 Å². The second kappa shape index (κ2) is 6.76. The number of rotatable bonds is 6. The van der Waals surface area contributed by atoms with E-state index in [0.717, 1.165) is 18.4 Å². The highest BCUT2D eigenvalue weighted by molar-refractivity contribution is 7.88. The molecule has 0 aliphatic heterocycles. The van der Waals surface area contributed by atoms with Crippen LogP contribution in [0.25, 0.3) is 0 Å². The molecule has 1 aromatic carbocycles. The van der Waals surface area contributed by atoms with Crippen LogP contribution in [0.15, 0.2) is 24.3 Å². The van der Waals surface area contributed by atoms with Crippen LogP contribution in [-0.4, -0.2) is 33.5 Å². The first-order chi connectivity index (χ1) is 9.55. The first kappa shape index (κ1) is 17.2. The Hall–Kier alpha value is -1.81. The lowest BCUT2D eigenvalue weighted by Crippen LogP contribution is -2.26. The molecule has 1 amide bonds. The van der Waals surface area contributed by atoms with Crippen molar-refractivity contribution >= 4 is 21.6 Å². The van der Waals surface area contributed by atoms with Crippen molar-refractivity contribution in [3.8, 4) is 5.75 Å². The van der Waals surface area contributed by atoms with Crippen LogP contribution >= 0.6 is 0 Å². The lowest BCUT2D eigenvalue weighted by molar-refractivity contribution is -0.274. The molecule has 21 heavy (non-hydrogen) atoms. The lowest BCUT2D eigenvalue weighted by atomic mass is 10.3. The zero-order chi connectivity index (χ0) is 16.1. The van der Waals surface area contributed by atoms with Crippen LogP contribution in [0.4, 0.5) is 18.9 Å². The van der Waals surface area contributed by atoms with Gasteiger partial charge in [-0.05, 0) is 12.1 Å². The number of carbonyl (C=O) groups excluding carboxylic acids is 1. The van der Waals surface area contributed by atoms with Crippen molar-refractivity contribution in [1.82, 2.24) is 4.72 Å². The van der Waals surface area contributed by atoms with Gasteiger partial charge in [-0.15, -0.1) is 13.2 Å². The Bertz CT molecular complexity index is 602. The SMILES string of the molecule is CS(=O)(=O)NCCC(=O)Nc1cccc(OC(F)(F)F)c1. The molecular formula is C11H13F3N2O4S. The molecule has 0 fully saturated rings. The molecule has 118 valence electrons. The van der Waals surface area contributed by atoms with E-state index in [4.69, 9.17) is 0 Å². The van der Waals surface area contributed by atoms with Crippen LogP contribution in [0.2, 0.25) is 0 Å². The average molecular weight is 326 g/mol. The van der Waals surface area contributed by atoms with Crippen molar-refractivity contribution in [2.24, 2.45) is 0 Å². The van der Waals surface area contributed by atoms with Gasteiger partial charge in [-0.25, -0.2) is 13.1 Å². The standard InChI is InChI=1S/C11H13F3N2O4S/c1-21(18,19)15-6-5-10(17)16-8-3-2-4-9(7-8)20-11(12,13)14/h2-4,7,15H,5-6H2,1H3,(H,16,17). The van der Waals surface area contributed by atoms with Gasteiger partial charge in [-0.1, -0.05) is 6.07 Å². The molecular weight excluding hydrogens is 313 g/mol. The van der Waals surface area contributed by atoms with Crippen molar-refractivity contribution in [2.75, 3.05) is 18.1 Å². The highest BCUT2D eigenvalue weighted by Crippen LogP contribution is 2.24. The van der Waals surface area contributed by atoms with Crippen LogP contribution in [0.1, 0.15) is 6.42 Å². The van der Waals surface area contributed by atoms with Crippen molar-refractivity contribution in [2.45, 2.75) is 12.8 Å². The third-order valence-corrected chi connectivity index (χ3v) is 2.80. The van der Waals surface area contributed by atoms with Gasteiger partial charge >= 0.3 is 6.36 Å². The number of ether oxygens (including phenoxy) is 1. The lowest BCUT2D eigenvalue weighted by Gasteiger charge is -2.10. The van der Waals surface area contributed by atoms with E-state index in [9.17, 15) is 26.4 Å². The van der Waals surface area contributed by atoms with Crippen LogP contribution < -0.4 is 14.8 Å². The highest BCUT2D eigenvalue weighted by Gasteiger charge is 2.31. The van der Waals surface area contributed by atoms with E-state index in [1.54, 1.807) is 0 Å². The maximum atomic E-state index is 12.0. The molecule has 0 unspecified atom stereocenters. The van der Waals surface area contributed by atoms with Crippen LogP contribution in [-0.2, 0) is 14.8 Å². The number of hydrogen-bond acceptors (Lipinski definition) is 4. The van der Waals surface area contributed by atoms with Crippen molar-refractivity contribution in [1.29, 1.82) is 0 Å². The molecule has 0 spiro atoms. The fourth-order valence-electron chi connectivity index (χ4n) is 1.34. The molecule has 1 aromatic rings. The number of nitrogens with one attached hydrogen (secondary N) is 2. The smallest absolute Gasteiger partial charge is 0.406 e. The van der Waals surface area contributed by atoms with Gasteiger partial charge in [0.25, 0.3) is 0 Å². The largest absolute Gasteiger partial charge is 0.573 e.